The number of ether oxygens (including phenoxy) is 1. The van der Waals surface area contributed by atoms with Gasteiger partial charge in [0.25, 0.3) is 5.91 Å². The van der Waals surface area contributed by atoms with E-state index < -0.39 is 0 Å². The molecule has 0 spiro atoms. The lowest BCUT2D eigenvalue weighted by molar-refractivity contribution is 0.0759. The fourth-order valence-electron chi connectivity index (χ4n) is 1.82. The van der Waals surface area contributed by atoms with E-state index in [1.54, 1.807) is 25.3 Å². The molecule has 0 bridgehead atoms. The lowest BCUT2D eigenvalue weighted by Crippen LogP contribution is -2.32. The second-order valence-corrected chi connectivity index (χ2v) is 4.20. The van der Waals surface area contributed by atoms with Crippen LogP contribution in [0.4, 0.5) is 5.69 Å². The monoisotopic (exact) mass is 250 g/mol. The van der Waals surface area contributed by atoms with Gasteiger partial charge in [0.2, 0.25) is 0 Å². The van der Waals surface area contributed by atoms with E-state index in [0.29, 0.717) is 23.5 Å². The standard InChI is InChI=1S/C14H22N2O2/c1-4-6-9-16(5-2)14(17)12-10-11(15)7-8-13(12)18-3/h7-8,10H,4-6,9,15H2,1-3H3. The smallest absolute Gasteiger partial charge is 0.257 e. The van der Waals surface area contributed by atoms with Crippen molar-refractivity contribution in [1.82, 2.24) is 4.90 Å². The van der Waals surface area contributed by atoms with Crippen molar-refractivity contribution < 1.29 is 9.53 Å². The molecule has 1 amide bonds. The lowest BCUT2D eigenvalue weighted by Gasteiger charge is -2.21. The van der Waals surface area contributed by atoms with Crippen molar-refractivity contribution in [1.29, 1.82) is 0 Å². The minimum atomic E-state index is -0.0184. The Morgan fingerprint density at radius 2 is 2.11 bits per heavy atom. The molecule has 4 heteroatoms. The molecular formula is C14H22N2O2. The molecule has 0 atom stereocenters. The third-order valence-corrected chi connectivity index (χ3v) is 2.90. The van der Waals surface area contributed by atoms with Crippen LogP contribution in [0, 0.1) is 0 Å². The quantitative estimate of drug-likeness (QED) is 0.789. The Morgan fingerprint density at radius 1 is 1.39 bits per heavy atom. The molecule has 0 saturated carbocycles. The van der Waals surface area contributed by atoms with Gasteiger partial charge in [0.05, 0.1) is 12.7 Å². The average Bonchev–Trinajstić information content (AvgIpc) is 2.39. The molecule has 4 nitrogen and oxygen atoms in total. The number of carbonyl (C=O) groups excluding carboxylic acids is 1. The third-order valence-electron chi connectivity index (χ3n) is 2.90. The van der Waals surface area contributed by atoms with E-state index in [4.69, 9.17) is 10.5 Å². The number of anilines is 1. The molecule has 0 radical (unpaired) electrons. The molecule has 0 aliphatic rings. The maximum absolute atomic E-state index is 12.4. The molecule has 1 rings (SSSR count). The summed E-state index contributed by atoms with van der Waals surface area (Å²) in [5.41, 5.74) is 6.85. The number of hydrogen-bond acceptors (Lipinski definition) is 3. The van der Waals surface area contributed by atoms with Gasteiger partial charge in [-0.3, -0.25) is 4.79 Å². The number of methoxy groups -OCH3 is 1. The second kappa shape index (κ2) is 6.89. The topological polar surface area (TPSA) is 55.6 Å². The summed E-state index contributed by atoms with van der Waals surface area (Å²) in [6.07, 6.45) is 2.07. The highest BCUT2D eigenvalue weighted by Crippen LogP contribution is 2.22. The first kappa shape index (κ1) is 14.4. The Balaban J connectivity index is 2.96. The number of amides is 1. The molecule has 18 heavy (non-hydrogen) atoms. The van der Waals surface area contributed by atoms with Gasteiger partial charge in [-0.25, -0.2) is 0 Å². The number of nitrogen functional groups attached to an aromatic ring is 1. The van der Waals surface area contributed by atoms with Crippen molar-refractivity contribution in [3.63, 3.8) is 0 Å². The molecule has 0 heterocycles. The SMILES string of the molecule is CCCCN(CC)C(=O)c1cc(N)ccc1OC. The van der Waals surface area contributed by atoms with Crippen LogP contribution in [0.3, 0.4) is 0 Å². The number of nitrogens with two attached hydrogens (primary N) is 1. The Morgan fingerprint density at radius 3 is 2.67 bits per heavy atom. The summed E-state index contributed by atoms with van der Waals surface area (Å²) in [7, 11) is 1.56. The summed E-state index contributed by atoms with van der Waals surface area (Å²) in [6, 6.07) is 5.14. The molecule has 1 aromatic carbocycles. The minimum Gasteiger partial charge on any atom is -0.496 e. The maximum Gasteiger partial charge on any atom is 0.257 e. The van der Waals surface area contributed by atoms with Crippen LogP contribution >= 0.6 is 0 Å². The zero-order valence-corrected chi connectivity index (χ0v) is 11.4. The number of unbranched alkanes of at least 4 members (excludes halogenated alkanes) is 1. The fraction of sp³-hybridized carbons (Fsp3) is 0.500. The largest absolute Gasteiger partial charge is 0.496 e. The van der Waals surface area contributed by atoms with Gasteiger partial charge in [0.15, 0.2) is 0 Å². The van der Waals surface area contributed by atoms with Crippen molar-refractivity contribution in [3.05, 3.63) is 23.8 Å². The molecule has 0 unspecified atom stereocenters. The predicted molar refractivity (Wildman–Crippen MR) is 73.9 cm³/mol. The van der Waals surface area contributed by atoms with E-state index in [-0.39, 0.29) is 5.91 Å². The van der Waals surface area contributed by atoms with Crippen LogP contribution in [-0.4, -0.2) is 31.0 Å². The first-order valence-electron chi connectivity index (χ1n) is 6.36. The summed E-state index contributed by atoms with van der Waals surface area (Å²) >= 11 is 0. The van der Waals surface area contributed by atoms with E-state index in [0.717, 1.165) is 19.4 Å². The molecule has 0 fully saturated rings. The van der Waals surface area contributed by atoms with E-state index >= 15 is 0 Å². The maximum atomic E-state index is 12.4. The number of carbonyl (C=O) groups is 1. The number of hydrogen-bond donors (Lipinski definition) is 1. The van der Waals surface area contributed by atoms with Gasteiger partial charge >= 0.3 is 0 Å². The second-order valence-electron chi connectivity index (χ2n) is 4.20. The van der Waals surface area contributed by atoms with Gasteiger partial charge in [-0.15, -0.1) is 0 Å². The van der Waals surface area contributed by atoms with Crippen molar-refractivity contribution in [2.24, 2.45) is 0 Å². The van der Waals surface area contributed by atoms with Gasteiger partial charge in [-0.1, -0.05) is 13.3 Å². The Hall–Kier alpha value is -1.71. The normalized spacial score (nSPS) is 10.2. The Kier molecular flexibility index (Phi) is 5.49. The molecular weight excluding hydrogens is 228 g/mol. The number of rotatable bonds is 6. The van der Waals surface area contributed by atoms with Gasteiger partial charge in [0.1, 0.15) is 5.75 Å². The van der Waals surface area contributed by atoms with Crippen LogP contribution in [0.25, 0.3) is 0 Å². The minimum absolute atomic E-state index is 0.0184. The molecule has 0 aromatic heterocycles. The molecule has 0 aliphatic heterocycles. The first-order valence-corrected chi connectivity index (χ1v) is 6.36. The number of benzene rings is 1. The molecule has 2 N–H and O–H groups in total. The highest BCUT2D eigenvalue weighted by atomic mass is 16.5. The molecule has 0 aliphatic carbocycles. The van der Waals surface area contributed by atoms with E-state index in [1.165, 1.54) is 0 Å². The fourth-order valence-corrected chi connectivity index (χ4v) is 1.82. The highest BCUT2D eigenvalue weighted by molar-refractivity contribution is 5.97. The van der Waals surface area contributed by atoms with Gasteiger partial charge in [-0.05, 0) is 31.5 Å². The summed E-state index contributed by atoms with van der Waals surface area (Å²) < 4.78 is 5.22. The Bertz CT molecular complexity index is 405. The first-order chi connectivity index (χ1) is 8.63. The van der Waals surface area contributed by atoms with E-state index in [1.807, 2.05) is 11.8 Å². The average molecular weight is 250 g/mol. The van der Waals surface area contributed by atoms with Crippen LogP contribution in [0.1, 0.15) is 37.0 Å². The molecule has 1 aromatic rings. The van der Waals surface area contributed by atoms with Crippen LogP contribution in [-0.2, 0) is 0 Å². The van der Waals surface area contributed by atoms with Gasteiger partial charge in [0, 0.05) is 18.8 Å². The third kappa shape index (κ3) is 3.39. The summed E-state index contributed by atoms with van der Waals surface area (Å²) in [4.78, 5) is 14.2. The lowest BCUT2D eigenvalue weighted by atomic mass is 10.1. The molecule has 0 saturated heterocycles. The summed E-state index contributed by atoms with van der Waals surface area (Å²) in [5, 5.41) is 0. The Labute approximate surface area is 109 Å². The zero-order chi connectivity index (χ0) is 13.5. The number of nitrogens with zero attached hydrogens (tertiary/aromatic N) is 1. The van der Waals surface area contributed by atoms with Crippen molar-refractivity contribution in [2.45, 2.75) is 26.7 Å². The van der Waals surface area contributed by atoms with E-state index in [9.17, 15) is 4.79 Å². The highest BCUT2D eigenvalue weighted by Gasteiger charge is 2.18. The molecule has 100 valence electrons. The van der Waals surface area contributed by atoms with Gasteiger partial charge in [-0.2, -0.15) is 0 Å². The summed E-state index contributed by atoms with van der Waals surface area (Å²) in [5.74, 6) is 0.555. The van der Waals surface area contributed by atoms with Crippen LogP contribution < -0.4 is 10.5 Å². The van der Waals surface area contributed by atoms with Crippen LogP contribution in [0.15, 0.2) is 18.2 Å². The van der Waals surface area contributed by atoms with Gasteiger partial charge < -0.3 is 15.4 Å². The zero-order valence-electron chi connectivity index (χ0n) is 11.4. The van der Waals surface area contributed by atoms with Crippen molar-refractivity contribution in [2.75, 3.05) is 25.9 Å². The van der Waals surface area contributed by atoms with Crippen LogP contribution in [0.2, 0.25) is 0 Å². The summed E-state index contributed by atoms with van der Waals surface area (Å²) in [6.45, 7) is 5.55. The van der Waals surface area contributed by atoms with Crippen LogP contribution in [0.5, 0.6) is 5.75 Å². The predicted octanol–water partition coefficient (Wildman–Crippen LogP) is 2.54. The van der Waals surface area contributed by atoms with E-state index in [2.05, 4.69) is 6.92 Å². The van der Waals surface area contributed by atoms with Crippen molar-refractivity contribution in [3.8, 4) is 5.75 Å². The van der Waals surface area contributed by atoms with Crippen molar-refractivity contribution >= 4 is 11.6 Å².